The van der Waals surface area contributed by atoms with E-state index < -0.39 is 0 Å². The Morgan fingerprint density at radius 3 is 2.76 bits per heavy atom. The second-order valence-electron chi connectivity index (χ2n) is 3.29. The molecule has 0 saturated heterocycles. The lowest BCUT2D eigenvalue weighted by molar-refractivity contribution is 0.416. The molecule has 1 aromatic carbocycles. The van der Waals surface area contributed by atoms with Gasteiger partial charge in [-0.15, -0.1) is 0 Å². The van der Waals surface area contributed by atoms with E-state index in [1.54, 1.807) is 13.2 Å². The van der Waals surface area contributed by atoms with E-state index in [0.29, 0.717) is 11.4 Å². The highest BCUT2D eigenvalue weighted by Gasteiger charge is 2.14. The van der Waals surface area contributed by atoms with Gasteiger partial charge in [-0.2, -0.15) is 5.26 Å². The smallest absolute Gasteiger partial charge is 0.145 e. The van der Waals surface area contributed by atoms with Gasteiger partial charge in [-0.1, -0.05) is 12.1 Å². The highest BCUT2D eigenvalue weighted by Crippen LogP contribution is 2.31. The number of hydrogen-bond acceptors (Lipinski definition) is 5. The zero-order valence-electron chi connectivity index (χ0n) is 9.21. The van der Waals surface area contributed by atoms with Crippen LogP contribution < -0.4 is 10.5 Å². The Balaban J connectivity index is 2.69. The summed E-state index contributed by atoms with van der Waals surface area (Å²) in [5, 5.41) is 9.07. The largest absolute Gasteiger partial charge is 0.496 e. The molecule has 0 radical (unpaired) electrons. The first-order chi connectivity index (χ1) is 8.27. The topological polar surface area (TPSA) is 84.8 Å². The van der Waals surface area contributed by atoms with Crippen LogP contribution in [0.3, 0.4) is 0 Å². The molecule has 17 heavy (non-hydrogen) atoms. The number of nitrogen functional groups attached to an aromatic ring is 1. The van der Waals surface area contributed by atoms with Crippen LogP contribution in [0.5, 0.6) is 5.75 Å². The lowest BCUT2D eigenvalue weighted by atomic mass is 10.1. The zero-order chi connectivity index (χ0) is 12.3. The molecule has 0 aliphatic heterocycles. The van der Waals surface area contributed by atoms with Crippen molar-refractivity contribution < 1.29 is 4.74 Å². The van der Waals surface area contributed by atoms with Crippen LogP contribution in [-0.2, 0) is 0 Å². The Kier molecular flexibility index (Phi) is 2.88. The highest BCUT2D eigenvalue weighted by atomic mass is 16.5. The van der Waals surface area contributed by atoms with Crippen molar-refractivity contribution in [1.29, 1.82) is 5.26 Å². The minimum Gasteiger partial charge on any atom is -0.496 e. The van der Waals surface area contributed by atoms with E-state index in [-0.39, 0.29) is 11.4 Å². The van der Waals surface area contributed by atoms with E-state index in [1.165, 1.54) is 6.33 Å². The molecule has 2 rings (SSSR count). The van der Waals surface area contributed by atoms with E-state index in [9.17, 15) is 0 Å². The Morgan fingerprint density at radius 2 is 2.06 bits per heavy atom. The van der Waals surface area contributed by atoms with Crippen LogP contribution in [0.4, 0.5) is 5.82 Å². The van der Waals surface area contributed by atoms with Crippen molar-refractivity contribution >= 4 is 5.82 Å². The third-order valence-electron chi connectivity index (χ3n) is 2.35. The fourth-order valence-corrected chi connectivity index (χ4v) is 1.55. The summed E-state index contributed by atoms with van der Waals surface area (Å²) in [7, 11) is 1.56. The van der Waals surface area contributed by atoms with Crippen molar-refractivity contribution in [3.63, 3.8) is 0 Å². The van der Waals surface area contributed by atoms with E-state index in [4.69, 9.17) is 15.7 Å². The van der Waals surface area contributed by atoms with Crippen LogP contribution >= 0.6 is 0 Å². The van der Waals surface area contributed by atoms with Crippen molar-refractivity contribution in [3.8, 4) is 23.1 Å². The first kappa shape index (κ1) is 10.9. The summed E-state index contributed by atoms with van der Waals surface area (Å²) < 4.78 is 5.23. The van der Waals surface area contributed by atoms with Gasteiger partial charge in [0, 0.05) is 5.56 Å². The molecule has 1 aromatic heterocycles. The van der Waals surface area contributed by atoms with Crippen molar-refractivity contribution in [2.75, 3.05) is 12.8 Å². The molecule has 0 amide bonds. The number of benzene rings is 1. The number of nitriles is 1. The van der Waals surface area contributed by atoms with Gasteiger partial charge < -0.3 is 10.5 Å². The first-order valence-electron chi connectivity index (χ1n) is 4.92. The average Bonchev–Trinajstić information content (AvgIpc) is 2.38. The van der Waals surface area contributed by atoms with Gasteiger partial charge in [0.15, 0.2) is 0 Å². The van der Waals surface area contributed by atoms with Gasteiger partial charge in [0.1, 0.15) is 29.5 Å². The number of nitrogens with zero attached hydrogens (tertiary/aromatic N) is 3. The molecule has 0 fully saturated rings. The molecule has 0 atom stereocenters. The van der Waals surface area contributed by atoms with Gasteiger partial charge in [-0.3, -0.25) is 0 Å². The molecular weight excluding hydrogens is 216 g/mol. The molecule has 2 aromatic rings. The van der Waals surface area contributed by atoms with Gasteiger partial charge in [-0.25, -0.2) is 9.97 Å². The summed E-state index contributed by atoms with van der Waals surface area (Å²) in [6.07, 6.45) is 1.33. The molecule has 5 nitrogen and oxygen atoms in total. The van der Waals surface area contributed by atoms with E-state index in [2.05, 4.69) is 9.97 Å². The molecule has 0 spiro atoms. The van der Waals surface area contributed by atoms with Crippen LogP contribution in [0.1, 0.15) is 5.56 Å². The Hall–Kier alpha value is -2.61. The second-order valence-corrected chi connectivity index (χ2v) is 3.29. The maximum Gasteiger partial charge on any atom is 0.145 e. The number of aromatic nitrogens is 2. The van der Waals surface area contributed by atoms with Crippen LogP contribution in [-0.4, -0.2) is 17.1 Å². The SMILES string of the molecule is COc1ccccc1-c1ncnc(N)c1C#N. The van der Waals surface area contributed by atoms with Gasteiger partial charge in [0.25, 0.3) is 0 Å². The lowest BCUT2D eigenvalue weighted by Crippen LogP contribution is -2.00. The first-order valence-corrected chi connectivity index (χ1v) is 4.92. The Morgan fingerprint density at radius 1 is 1.29 bits per heavy atom. The summed E-state index contributed by atoms with van der Waals surface area (Å²) in [4.78, 5) is 7.89. The molecule has 0 aliphatic carbocycles. The Labute approximate surface area is 98.5 Å². The fraction of sp³-hybridized carbons (Fsp3) is 0.0833. The van der Waals surface area contributed by atoms with Crippen LogP contribution in [0.2, 0.25) is 0 Å². The number of methoxy groups -OCH3 is 1. The van der Waals surface area contributed by atoms with Gasteiger partial charge in [-0.05, 0) is 12.1 Å². The average molecular weight is 226 g/mol. The van der Waals surface area contributed by atoms with Crippen LogP contribution in [0.15, 0.2) is 30.6 Å². The number of hydrogen-bond donors (Lipinski definition) is 1. The third-order valence-corrected chi connectivity index (χ3v) is 2.35. The highest BCUT2D eigenvalue weighted by molar-refractivity contribution is 5.75. The Bertz CT molecular complexity index is 589. The summed E-state index contributed by atoms with van der Waals surface area (Å²) in [5.41, 5.74) is 7.11. The fourth-order valence-electron chi connectivity index (χ4n) is 1.55. The van der Waals surface area contributed by atoms with E-state index in [0.717, 1.165) is 5.56 Å². The second kappa shape index (κ2) is 4.49. The lowest BCUT2D eigenvalue weighted by Gasteiger charge is -2.09. The van der Waals surface area contributed by atoms with Gasteiger partial charge >= 0.3 is 0 Å². The molecular formula is C12H10N4O. The van der Waals surface area contributed by atoms with Crippen molar-refractivity contribution in [1.82, 2.24) is 9.97 Å². The predicted molar refractivity (Wildman–Crippen MR) is 63.1 cm³/mol. The number of nitrogens with two attached hydrogens (primary N) is 1. The molecule has 1 heterocycles. The van der Waals surface area contributed by atoms with Crippen molar-refractivity contribution in [2.24, 2.45) is 0 Å². The molecule has 5 heteroatoms. The van der Waals surface area contributed by atoms with E-state index >= 15 is 0 Å². The van der Waals surface area contributed by atoms with Gasteiger partial charge in [0.2, 0.25) is 0 Å². The monoisotopic (exact) mass is 226 g/mol. The number of para-hydroxylation sites is 1. The molecule has 2 N–H and O–H groups in total. The number of rotatable bonds is 2. The quantitative estimate of drug-likeness (QED) is 0.840. The van der Waals surface area contributed by atoms with Gasteiger partial charge in [0.05, 0.1) is 12.8 Å². The zero-order valence-corrected chi connectivity index (χ0v) is 9.21. The minimum absolute atomic E-state index is 0.170. The number of anilines is 1. The summed E-state index contributed by atoms with van der Waals surface area (Å²) in [5.74, 6) is 0.811. The van der Waals surface area contributed by atoms with Crippen LogP contribution in [0.25, 0.3) is 11.3 Å². The summed E-state index contributed by atoms with van der Waals surface area (Å²) in [6, 6.07) is 9.32. The summed E-state index contributed by atoms with van der Waals surface area (Å²) in [6.45, 7) is 0. The summed E-state index contributed by atoms with van der Waals surface area (Å²) >= 11 is 0. The van der Waals surface area contributed by atoms with E-state index in [1.807, 2.05) is 24.3 Å². The van der Waals surface area contributed by atoms with Crippen molar-refractivity contribution in [2.45, 2.75) is 0 Å². The third kappa shape index (κ3) is 1.88. The predicted octanol–water partition coefficient (Wildman–Crippen LogP) is 1.61. The maximum atomic E-state index is 9.07. The van der Waals surface area contributed by atoms with Crippen molar-refractivity contribution in [3.05, 3.63) is 36.2 Å². The molecule has 0 unspecified atom stereocenters. The normalized spacial score (nSPS) is 9.65. The molecule has 0 saturated carbocycles. The van der Waals surface area contributed by atoms with Crippen LogP contribution in [0, 0.1) is 11.3 Å². The molecule has 0 aliphatic rings. The number of ether oxygens (including phenoxy) is 1. The molecule has 84 valence electrons. The molecule has 0 bridgehead atoms. The standard InChI is InChI=1S/C12H10N4O/c1-17-10-5-3-2-4-8(10)11-9(6-13)12(14)16-7-15-11/h2-5,7H,1H3,(H2,14,15,16). The maximum absolute atomic E-state index is 9.07. The minimum atomic E-state index is 0.170.